The van der Waals surface area contributed by atoms with Gasteiger partial charge in [-0.15, -0.1) is 0 Å². The number of ether oxygens (including phenoxy) is 1. The molecule has 0 bridgehead atoms. The molecule has 0 heterocycles. The molecule has 15 heavy (non-hydrogen) atoms. The summed E-state index contributed by atoms with van der Waals surface area (Å²) >= 11 is 0. The Morgan fingerprint density at radius 1 is 1.40 bits per heavy atom. The van der Waals surface area contributed by atoms with E-state index >= 15 is 0 Å². The van der Waals surface area contributed by atoms with E-state index in [-0.39, 0.29) is 53.7 Å². The van der Waals surface area contributed by atoms with Crippen molar-refractivity contribution < 1.29 is 54.0 Å². The predicted octanol–water partition coefficient (Wildman–Crippen LogP) is 2.45. The molecule has 0 atom stereocenters. The average Bonchev–Trinajstić information content (AvgIpc) is 1.85. The fourth-order valence-electron chi connectivity index (χ4n) is 0.377. The zero-order valence-electron chi connectivity index (χ0n) is 8.68. The normalized spacial score (nSPS) is 10.3. The monoisotopic (exact) mass is 304 g/mol. The molecule has 0 aliphatic heterocycles. The fraction of sp³-hybridized carbons (Fsp3) is 0.375. The molecule has 0 aromatic rings. The van der Waals surface area contributed by atoms with E-state index in [4.69, 9.17) is 5.11 Å². The Morgan fingerprint density at radius 2 is 1.80 bits per heavy atom. The Morgan fingerprint density at radius 3 is 2.07 bits per heavy atom. The minimum atomic E-state index is -4.90. The van der Waals surface area contributed by atoms with Gasteiger partial charge in [0.25, 0.3) is 0 Å². The van der Waals surface area contributed by atoms with Crippen molar-refractivity contribution in [3.05, 3.63) is 26.7 Å². The van der Waals surface area contributed by atoms with Crippen molar-refractivity contribution in [2.45, 2.75) is 13.1 Å². The van der Waals surface area contributed by atoms with Gasteiger partial charge in [0, 0.05) is 0 Å². The molecule has 0 fully saturated rings. The largest absolute Gasteiger partial charge is 2.00 e. The van der Waals surface area contributed by atoms with E-state index in [9.17, 15) is 18.0 Å². The van der Waals surface area contributed by atoms with Crippen LogP contribution < -0.4 is 0 Å². The molecule has 0 rings (SSSR count). The molecular formula is C8H13F3O3Zr. The van der Waals surface area contributed by atoms with E-state index in [1.165, 1.54) is 6.92 Å². The Bertz CT molecular complexity index is 202. The average molecular weight is 305 g/mol. The van der Waals surface area contributed by atoms with Crippen molar-refractivity contribution in [2.75, 3.05) is 6.61 Å². The van der Waals surface area contributed by atoms with Gasteiger partial charge in [0.2, 0.25) is 5.76 Å². The van der Waals surface area contributed by atoms with Gasteiger partial charge in [-0.05, 0) is 6.92 Å². The van der Waals surface area contributed by atoms with Gasteiger partial charge in [-0.25, -0.2) is 4.79 Å². The first-order valence-electron chi connectivity index (χ1n) is 3.02. The number of alkyl halides is 3. The second kappa shape index (κ2) is 10.2. The van der Waals surface area contributed by atoms with Crippen LogP contribution in [0.3, 0.4) is 0 Å². The molecule has 0 saturated heterocycles. The number of aliphatic hydroxyl groups is 1. The van der Waals surface area contributed by atoms with Crippen LogP contribution in [0.25, 0.3) is 0 Å². The van der Waals surface area contributed by atoms with Crippen molar-refractivity contribution in [1.29, 1.82) is 0 Å². The summed E-state index contributed by atoms with van der Waals surface area (Å²) in [6.07, 6.45) is -4.91. The zero-order chi connectivity index (χ0) is 9.78. The number of allylic oxidation sites excluding steroid dienone is 1. The van der Waals surface area contributed by atoms with E-state index in [0.29, 0.717) is 0 Å². The minimum Gasteiger partial charge on any atom is -0.504 e. The number of rotatable bonds is 2. The molecule has 1 N–H and O–H groups in total. The fourth-order valence-corrected chi connectivity index (χ4v) is 0.377. The summed E-state index contributed by atoms with van der Waals surface area (Å²) < 4.78 is 38.7. The predicted molar refractivity (Wildman–Crippen MR) is 46.2 cm³/mol. The van der Waals surface area contributed by atoms with Gasteiger partial charge in [-0.3, -0.25) is 0 Å². The number of carbonyl (C=O) groups excluding carboxylic acids is 1. The van der Waals surface area contributed by atoms with Crippen LogP contribution in [0.5, 0.6) is 0 Å². The molecule has 88 valence electrons. The first kappa shape index (κ1) is 24.1. The third kappa shape index (κ3) is 11.6. The molecule has 0 aliphatic carbocycles. The van der Waals surface area contributed by atoms with Crippen LogP contribution in [-0.4, -0.2) is 23.9 Å². The Kier molecular flexibility index (Phi) is 16.4. The molecule has 3 nitrogen and oxygen atoms in total. The number of esters is 1. The smallest absolute Gasteiger partial charge is 0.504 e. The summed E-state index contributed by atoms with van der Waals surface area (Å²) in [7, 11) is 0. The van der Waals surface area contributed by atoms with Crippen LogP contribution >= 0.6 is 0 Å². The standard InChI is InChI=1S/C6H7F3O3.2CH3.Zr/c1-2-12-5(11)3-4(10)6(7,8)9;;;/h3,10H,2H2,1H3;2*1H3;/q;2*-1;+2. The van der Waals surface area contributed by atoms with Gasteiger partial charge in [0.15, 0.2) is 0 Å². The van der Waals surface area contributed by atoms with Gasteiger partial charge in [0.05, 0.1) is 12.7 Å². The summed E-state index contributed by atoms with van der Waals surface area (Å²) in [6, 6.07) is 0. The Hall–Kier alpha value is -0.317. The van der Waals surface area contributed by atoms with Crippen LogP contribution in [0.4, 0.5) is 13.2 Å². The second-order valence-corrected chi connectivity index (χ2v) is 1.78. The maximum Gasteiger partial charge on any atom is 2.00 e. The third-order valence-electron chi connectivity index (χ3n) is 0.832. The van der Waals surface area contributed by atoms with E-state index in [0.717, 1.165) is 0 Å². The summed E-state index contributed by atoms with van der Waals surface area (Å²) in [5.74, 6) is -3.17. The van der Waals surface area contributed by atoms with Gasteiger partial charge < -0.3 is 24.7 Å². The quantitative estimate of drug-likeness (QED) is 0.369. The van der Waals surface area contributed by atoms with E-state index in [1.54, 1.807) is 0 Å². The summed E-state index contributed by atoms with van der Waals surface area (Å²) in [5.41, 5.74) is 0. The number of hydrogen-bond donors (Lipinski definition) is 1. The minimum absolute atomic E-state index is 0. The summed E-state index contributed by atoms with van der Waals surface area (Å²) in [4.78, 5) is 10.3. The first-order chi connectivity index (χ1) is 5.38. The van der Waals surface area contributed by atoms with Crippen molar-refractivity contribution in [2.24, 2.45) is 0 Å². The first-order valence-corrected chi connectivity index (χ1v) is 3.02. The summed E-state index contributed by atoms with van der Waals surface area (Å²) in [6.45, 7) is 1.40. The van der Waals surface area contributed by atoms with Crippen LogP contribution in [0.1, 0.15) is 6.92 Å². The number of carbonyl (C=O) groups is 1. The number of hydrogen-bond acceptors (Lipinski definition) is 3. The van der Waals surface area contributed by atoms with Gasteiger partial charge in [-0.2, -0.15) is 13.2 Å². The van der Waals surface area contributed by atoms with E-state index < -0.39 is 17.9 Å². The summed E-state index contributed by atoms with van der Waals surface area (Å²) in [5, 5.41) is 8.22. The molecule has 0 unspecified atom stereocenters. The molecule has 0 saturated carbocycles. The number of aliphatic hydroxyl groups excluding tert-OH is 1. The van der Waals surface area contributed by atoms with Crippen LogP contribution in [0.2, 0.25) is 0 Å². The van der Waals surface area contributed by atoms with Gasteiger partial charge in [-0.1, -0.05) is 0 Å². The molecular weight excluding hydrogens is 292 g/mol. The SMILES string of the molecule is CCOC(=O)C=C(O)C(F)(F)F.[CH3-].[CH3-].[Zr+2]. The zero-order valence-corrected chi connectivity index (χ0v) is 11.1. The van der Waals surface area contributed by atoms with Crippen LogP contribution in [0, 0.1) is 14.9 Å². The van der Waals surface area contributed by atoms with Crippen molar-refractivity contribution >= 4 is 5.97 Å². The molecule has 0 aromatic carbocycles. The third-order valence-corrected chi connectivity index (χ3v) is 0.832. The van der Waals surface area contributed by atoms with E-state index in [1.807, 2.05) is 0 Å². The van der Waals surface area contributed by atoms with Crippen molar-refractivity contribution in [3.8, 4) is 0 Å². The van der Waals surface area contributed by atoms with Gasteiger partial charge in [0.1, 0.15) is 0 Å². The maximum absolute atomic E-state index is 11.5. The Labute approximate surface area is 106 Å². The maximum atomic E-state index is 11.5. The molecule has 0 radical (unpaired) electrons. The van der Waals surface area contributed by atoms with Gasteiger partial charge >= 0.3 is 38.3 Å². The molecule has 0 aliphatic rings. The Balaban J connectivity index is -0.000000202. The number of halogens is 3. The second-order valence-electron chi connectivity index (χ2n) is 1.78. The van der Waals surface area contributed by atoms with E-state index in [2.05, 4.69) is 4.74 Å². The molecule has 0 spiro atoms. The molecule has 7 heteroatoms. The topological polar surface area (TPSA) is 46.5 Å². The van der Waals surface area contributed by atoms with Crippen molar-refractivity contribution in [3.63, 3.8) is 0 Å². The molecule has 0 amide bonds. The van der Waals surface area contributed by atoms with Crippen LogP contribution in [0.15, 0.2) is 11.8 Å². The van der Waals surface area contributed by atoms with Crippen LogP contribution in [-0.2, 0) is 35.7 Å². The van der Waals surface area contributed by atoms with Crippen molar-refractivity contribution in [1.82, 2.24) is 0 Å². The molecule has 0 aromatic heterocycles.